The molecule has 2 heterocycles. The minimum Gasteiger partial charge on any atom is -0.411 e. The maximum atomic E-state index is 12.3. The van der Waals surface area contributed by atoms with Gasteiger partial charge in [-0.15, -0.1) is 0 Å². The number of nitrogens with zero attached hydrogens (tertiary/aromatic N) is 2. The van der Waals surface area contributed by atoms with Crippen molar-refractivity contribution in [3.63, 3.8) is 0 Å². The Morgan fingerprint density at radius 3 is 2.50 bits per heavy atom. The summed E-state index contributed by atoms with van der Waals surface area (Å²) in [7, 11) is 4.93. The number of fused-ring (bicyclic) bond motifs is 1. The van der Waals surface area contributed by atoms with E-state index in [1.165, 1.54) is 0 Å². The second-order valence-electron chi connectivity index (χ2n) is 4.46. The Labute approximate surface area is 123 Å². The average Bonchev–Trinajstić information content (AvgIpc) is 3.00. The third kappa shape index (κ3) is 1.80. The molecule has 0 fully saturated rings. The minimum absolute atomic E-state index is 0.119. The molecule has 1 aromatic rings. The number of rotatable bonds is 2. The summed E-state index contributed by atoms with van der Waals surface area (Å²) in [6.07, 6.45) is 0. The van der Waals surface area contributed by atoms with Gasteiger partial charge < -0.3 is 9.77 Å². The summed E-state index contributed by atoms with van der Waals surface area (Å²) >= 11 is 0. The molecular formula is C14H12N2O2S2. The Bertz CT molecular complexity index is 812. The molecular weight excluding hydrogens is 292 g/mol. The van der Waals surface area contributed by atoms with Gasteiger partial charge in [-0.2, -0.15) is 0 Å². The van der Waals surface area contributed by atoms with E-state index in [1.54, 1.807) is 39.2 Å². The molecule has 0 spiro atoms. The van der Waals surface area contributed by atoms with Crippen LogP contribution in [0.5, 0.6) is 0 Å². The zero-order valence-corrected chi connectivity index (χ0v) is 12.6. The SMILES string of the molecule is C/C(=N\O)c1c2ssc(-c3ccccc3)c-2n(C)c1=O. The van der Waals surface area contributed by atoms with Crippen LogP contribution < -0.4 is 5.56 Å². The summed E-state index contributed by atoms with van der Waals surface area (Å²) in [6, 6.07) is 9.99. The number of benzene rings is 1. The van der Waals surface area contributed by atoms with Gasteiger partial charge in [0, 0.05) is 7.05 Å². The summed E-state index contributed by atoms with van der Waals surface area (Å²) in [4.78, 5) is 14.3. The summed E-state index contributed by atoms with van der Waals surface area (Å²) in [6.45, 7) is 1.64. The van der Waals surface area contributed by atoms with Gasteiger partial charge in [0.25, 0.3) is 5.56 Å². The Balaban J connectivity index is 2.29. The predicted octanol–water partition coefficient (Wildman–Crippen LogP) is 3.48. The van der Waals surface area contributed by atoms with Crippen molar-refractivity contribution in [3.8, 4) is 21.0 Å². The van der Waals surface area contributed by atoms with E-state index in [-0.39, 0.29) is 5.56 Å². The first-order valence-electron chi connectivity index (χ1n) is 6.01. The average molecular weight is 304 g/mol. The van der Waals surface area contributed by atoms with Crippen molar-refractivity contribution >= 4 is 26.4 Å². The Morgan fingerprint density at radius 1 is 1.20 bits per heavy atom. The van der Waals surface area contributed by atoms with Crippen LogP contribution in [0.15, 0.2) is 40.3 Å². The summed E-state index contributed by atoms with van der Waals surface area (Å²) in [5, 5.41) is 12.1. The van der Waals surface area contributed by atoms with Crippen molar-refractivity contribution in [1.29, 1.82) is 0 Å². The molecule has 0 saturated carbocycles. The summed E-state index contributed by atoms with van der Waals surface area (Å²) in [5.74, 6) is 0. The van der Waals surface area contributed by atoms with Crippen LogP contribution in [0.1, 0.15) is 12.5 Å². The van der Waals surface area contributed by atoms with Gasteiger partial charge in [-0.1, -0.05) is 56.2 Å². The number of hydrogen-bond acceptors (Lipinski definition) is 5. The van der Waals surface area contributed by atoms with E-state index in [0.717, 1.165) is 21.0 Å². The van der Waals surface area contributed by atoms with Crippen LogP contribution in [-0.2, 0) is 7.05 Å². The highest BCUT2D eigenvalue weighted by Crippen LogP contribution is 2.44. The maximum absolute atomic E-state index is 12.3. The first-order chi connectivity index (χ1) is 9.65. The van der Waals surface area contributed by atoms with Crippen molar-refractivity contribution < 1.29 is 5.21 Å². The highest BCUT2D eigenvalue weighted by atomic mass is 32.9. The van der Waals surface area contributed by atoms with E-state index in [2.05, 4.69) is 5.16 Å². The zero-order chi connectivity index (χ0) is 14.3. The third-order valence-electron chi connectivity index (χ3n) is 3.27. The van der Waals surface area contributed by atoms with Gasteiger partial charge in [0.15, 0.2) is 0 Å². The highest BCUT2D eigenvalue weighted by molar-refractivity contribution is 7.72. The van der Waals surface area contributed by atoms with Crippen LogP contribution in [0, 0.1) is 0 Å². The van der Waals surface area contributed by atoms with Gasteiger partial charge in [-0.25, -0.2) is 0 Å². The van der Waals surface area contributed by atoms with Crippen LogP contribution in [0.3, 0.4) is 0 Å². The molecule has 0 unspecified atom stereocenters. The third-order valence-corrected chi connectivity index (χ3v) is 5.76. The van der Waals surface area contributed by atoms with E-state index in [4.69, 9.17) is 5.21 Å². The molecule has 1 N–H and O–H groups in total. The van der Waals surface area contributed by atoms with Crippen molar-refractivity contribution in [2.24, 2.45) is 12.2 Å². The first kappa shape index (κ1) is 13.1. The van der Waals surface area contributed by atoms with E-state index in [9.17, 15) is 4.79 Å². The van der Waals surface area contributed by atoms with Crippen LogP contribution in [0.25, 0.3) is 21.0 Å². The van der Waals surface area contributed by atoms with E-state index in [0.29, 0.717) is 11.3 Å². The highest BCUT2D eigenvalue weighted by Gasteiger charge is 2.27. The normalized spacial score (nSPS) is 12.2. The van der Waals surface area contributed by atoms with Crippen LogP contribution >= 0.6 is 20.7 Å². The summed E-state index contributed by atoms with van der Waals surface area (Å²) in [5.41, 5.74) is 2.73. The first-order valence-corrected chi connectivity index (χ1v) is 8.16. The zero-order valence-electron chi connectivity index (χ0n) is 11.0. The molecule has 0 amide bonds. The quantitative estimate of drug-likeness (QED) is 0.341. The second kappa shape index (κ2) is 4.88. The lowest BCUT2D eigenvalue weighted by Gasteiger charge is -2.01. The Kier molecular flexibility index (Phi) is 3.19. The lowest BCUT2D eigenvalue weighted by atomic mass is 10.1. The molecule has 3 rings (SSSR count). The fraction of sp³-hybridized carbons (Fsp3) is 0.143. The van der Waals surface area contributed by atoms with Gasteiger partial charge in [-0.05, 0) is 12.5 Å². The molecule has 1 aromatic carbocycles. The molecule has 0 saturated heterocycles. The fourth-order valence-corrected chi connectivity index (χ4v) is 5.17. The number of hydrogen-bond donors (Lipinski definition) is 1. The van der Waals surface area contributed by atoms with Gasteiger partial charge in [0.2, 0.25) is 0 Å². The lowest BCUT2D eigenvalue weighted by molar-refractivity contribution is 0.319. The Hall–Kier alpha value is -1.92. The molecule has 6 heteroatoms. The van der Waals surface area contributed by atoms with Crippen molar-refractivity contribution in [3.05, 3.63) is 46.2 Å². The van der Waals surface area contributed by atoms with Crippen molar-refractivity contribution in [1.82, 2.24) is 4.57 Å². The van der Waals surface area contributed by atoms with Gasteiger partial charge in [0.1, 0.15) is 0 Å². The molecule has 20 heavy (non-hydrogen) atoms. The van der Waals surface area contributed by atoms with Crippen molar-refractivity contribution in [2.45, 2.75) is 6.92 Å². The van der Waals surface area contributed by atoms with Gasteiger partial charge in [-0.3, -0.25) is 4.79 Å². The molecule has 0 radical (unpaired) electrons. The predicted molar refractivity (Wildman–Crippen MR) is 83.5 cm³/mol. The molecule has 2 aliphatic heterocycles. The molecule has 0 bridgehead atoms. The van der Waals surface area contributed by atoms with E-state index >= 15 is 0 Å². The molecule has 102 valence electrons. The second-order valence-corrected chi connectivity index (χ2v) is 6.61. The molecule has 4 nitrogen and oxygen atoms in total. The standard InChI is InChI=1S/C14H12N2O2S2/c1-8(15-18)10-13-11(16(2)14(10)17)12(19-20-13)9-6-4-3-5-7-9/h3-7,18H,1-2H3/b15-8+. The van der Waals surface area contributed by atoms with Crippen molar-refractivity contribution in [2.75, 3.05) is 0 Å². The van der Waals surface area contributed by atoms with Crippen LogP contribution in [0.4, 0.5) is 0 Å². The van der Waals surface area contributed by atoms with Crippen LogP contribution in [-0.4, -0.2) is 15.5 Å². The van der Waals surface area contributed by atoms with E-state index < -0.39 is 0 Å². The number of oxime groups is 1. The van der Waals surface area contributed by atoms with E-state index in [1.807, 2.05) is 30.3 Å². The largest absolute Gasteiger partial charge is 0.411 e. The van der Waals surface area contributed by atoms with Gasteiger partial charge in [0.05, 0.1) is 26.7 Å². The minimum atomic E-state index is -0.119. The fourth-order valence-electron chi connectivity index (χ4n) is 2.24. The molecule has 2 aliphatic rings. The monoisotopic (exact) mass is 304 g/mol. The topological polar surface area (TPSA) is 54.6 Å². The lowest BCUT2D eigenvalue weighted by Crippen LogP contribution is -2.16. The smallest absolute Gasteiger partial charge is 0.261 e. The maximum Gasteiger partial charge on any atom is 0.261 e. The summed E-state index contributed by atoms with van der Waals surface area (Å²) < 4.78 is 1.63. The molecule has 0 aliphatic carbocycles. The Morgan fingerprint density at radius 2 is 1.85 bits per heavy atom. The van der Waals surface area contributed by atoms with Crippen LogP contribution in [0.2, 0.25) is 0 Å². The van der Waals surface area contributed by atoms with Gasteiger partial charge >= 0.3 is 0 Å². The number of aromatic nitrogens is 1. The molecule has 0 atom stereocenters. The molecule has 0 aromatic heterocycles.